The van der Waals surface area contributed by atoms with Gasteiger partial charge in [-0.2, -0.15) is 0 Å². The lowest BCUT2D eigenvalue weighted by Gasteiger charge is -2.26. The summed E-state index contributed by atoms with van der Waals surface area (Å²) in [5.74, 6) is 0. The van der Waals surface area contributed by atoms with Crippen molar-refractivity contribution in [1.29, 1.82) is 0 Å². The van der Waals surface area contributed by atoms with Crippen LogP contribution in [-0.2, 0) is 6.42 Å². The lowest BCUT2D eigenvalue weighted by Crippen LogP contribution is -2.43. The molecule has 3 nitrogen and oxygen atoms in total. The number of halogens is 1. The number of hydrogen-bond acceptors (Lipinski definition) is 5. The number of hydrogen-bond donors (Lipinski definition) is 1. The van der Waals surface area contributed by atoms with Crippen LogP contribution in [0.2, 0.25) is 5.02 Å². The SMILES string of the molecule is Clc1ccc(Sc2ccc(Cc3csc(N4CCNCC4)n3)cc2)cc1. The first kappa shape index (κ1) is 17.9. The number of nitrogens with one attached hydrogen (secondary N) is 1. The fourth-order valence-electron chi connectivity index (χ4n) is 2.90. The van der Waals surface area contributed by atoms with Gasteiger partial charge in [-0.1, -0.05) is 35.5 Å². The first-order valence-corrected chi connectivity index (χ1v) is 10.8. The van der Waals surface area contributed by atoms with Crippen LogP contribution in [0, 0.1) is 0 Å². The van der Waals surface area contributed by atoms with Crippen molar-refractivity contribution in [1.82, 2.24) is 10.3 Å². The fraction of sp³-hybridized carbons (Fsp3) is 0.250. The monoisotopic (exact) mass is 401 g/mol. The third-order valence-corrected chi connectivity index (χ3v) is 6.50. The second-order valence-electron chi connectivity index (χ2n) is 6.24. The van der Waals surface area contributed by atoms with Gasteiger partial charge in [0.2, 0.25) is 0 Å². The Morgan fingerprint density at radius 3 is 2.35 bits per heavy atom. The topological polar surface area (TPSA) is 28.2 Å². The molecule has 0 saturated carbocycles. The number of aromatic nitrogens is 1. The third-order valence-electron chi connectivity index (χ3n) is 4.29. The second kappa shape index (κ2) is 8.44. The standard InChI is InChI=1S/C20H20ClN3S2/c21-16-3-7-19(8-4-16)26-18-5-1-15(2-6-18)13-17-14-25-20(23-17)24-11-9-22-10-12-24/h1-8,14,22H,9-13H2. The minimum absolute atomic E-state index is 0.771. The maximum absolute atomic E-state index is 5.94. The Balaban J connectivity index is 1.38. The molecule has 0 atom stereocenters. The van der Waals surface area contributed by atoms with Gasteiger partial charge in [-0.25, -0.2) is 4.98 Å². The normalized spacial score (nSPS) is 14.6. The summed E-state index contributed by atoms with van der Waals surface area (Å²) in [6.45, 7) is 4.18. The Bertz CT molecular complexity index is 840. The van der Waals surface area contributed by atoms with Gasteiger partial charge in [0, 0.05) is 52.8 Å². The fourth-order valence-corrected chi connectivity index (χ4v) is 4.72. The molecular formula is C20H20ClN3S2. The van der Waals surface area contributed by atoms with E-state index in [1.54, 1.807) is 23.1 Å². The van der Waals surface area contributed by atoms with Gasteiger partial charge >= 0.3 is 0 Å². The molecule has 0 unspecified atom stereocenters. The summed E-state index contributed by atoms with van der Waals surface area (Å²) in [6, 6.07) is 16.7. The summed E-state index contributed by atoms with van der Waals surface area (Å²) in [4.78, 5) is 9.63. The number of benzene rings is 2. The molecule has 0 radical (unpaired) electrons. The summed E-state index contributed by atoms with van der Waals surface area (Å²) < 4.78 is 0. The highest BCUT2D eigenvalue weighted by molar-refractivity contribution is 7.99. The predicted octanol–water partition coefficient (Wildman–Crippen LogP) is 4.95. The molecule has 1 fully saturated rings. The maximum atomic E-state index is 5.94. The van der Waals surface area contributed by atoms with Crippen LogP contribution < -0.4 is 10.2 Å². The maximum Gasteiger partial charge on any atom is 0.185 e. The number of anilines is 1. The van der Waals surface area contributed by atoms with Gasteiger partial charge in [-0.05, 0) is 42.0 Å². The van der Waals surface area contributed by atoms with Gasteiger partial charge < -0.3 is 10.2 Å². The smallest absolute Gasteiger partial charge is 0.185 e. The molecule has 2 heterocycles. The van der Waals surface area contributed by atoms with E-state index in [-0.39, 0.29) is 0 Å². The van der Waals surface area contributed by atoms with Crippen LogP contribution >= 0.6 is 34.7 Å². The minimum atomic E-state index is 0.771. The van der Waals surface area contributed by atoms with E-state index in [0.29, 0.717) is 0 Å². The van der Waals surface area contributed by atoms with Crippen LogP contribution in [0.15, 0.2) is 63.7 Å². The number of rotatable bonds is 5. The summed E-state index contributed by atoms with van der Waals surface area (Å²) >= 11 is 9.45. The zero-order valence-corrected chi connectivity index (χ0v) is 16.7. The summed E-state index contributed by atoms with van der Waals surface area (Å²) in [6.07, 6.45) is 0.883. The molecule has 1 aromatic heterocycles. The quantitative estimate of drug-likeness (QED) is 0.654. The average Bonchev–Trinajstić information content (AvgIpc) is 3.14. The Kier molecular flexibility index (Phi) is 5.80. The average molecular weight is 402 g/mol. The second-order valence-corrected chi connectivity index (χ2v) is 8.66. The molecule has 0 bridgehead atoms. The van der Waals surface area contributed by atoms with E-state index in [0.717, 1.165) is 48.4 Å². The van der Waals surface area contributed by atoms with Gasteiger partial charge in [-0.3, -0.25) is 0 Å². The molecule has 6 heteroatoms. The molecule has 2 aromatic carbocycles. The molecule has 0 amide bonds. The van der Waals surface area contributed by atoms with Crippen molar-refractivity contribution in [3.05, 3.63) is 70.2 Å². The highest BCUT2D eigenvalue weighted by atomic mass is 35.5. The van der Waals surface area contributed by atoms with Crippen molar-refractivity contribution in [3.8, 4) is 0 Å². The van der Waals surface area contributed by atoms with Gasteiger partial charge in [0.1, 0.15) is 0 Å². The van der Waals surface area contributed by atoms with E-state index in [4.69, 9.17) is 16.6 Å². The van der Waals surface area contributed by atoms with Gasteiger partial charge in [-0.15, -0.1) is 11.3 Å². The number of thiazole rings is 1. The van der Waals surface area contributed by atoms with Crippen molar-refractivity contribution in [3.63, 3.8) is 0 Å². The van der Waals surface area contributed by atoms with E-state index in [1.807, 2.05) is 24.3 Å². The largest absolute Gasteiger partial charge is 0.346 e. The van der Waals surface area contributed by atoms with Gasteiger partial charge in [0.15, 0.2) is 5.13 Å². The van der Waals surface area contributed by atoms with Crippen molar-refractivity contribution in [2.24, 2.45) is 0 Å². The van der Waals surface area contributed by atoms with Crippen molar-refractivity contribution in [2.75, 3.05) is 31.1 Å². The lowest BCUT2D eigenvalue weighted by atomic mass is 10.1. The molecule has 1 N–H and O–H groups in total. The highest BCUT2D eigenvalue weighted by Gasteiger charge is 2.14. The first-order valence-electron chi connectivity index (χ1n) is 8.69. The Labute approximate surface area is 167 Å². The Morgan fingerprint density at radius 1 is 1.00 bits per heavy atom. The van der Waals surface area contributed by atoms with Crippen molar-refractivity contribution < 1.29 is 0 Å². The lowest BCUT2D eigenvalue weighted by molar-refractivity contribution is 0.588. The molecular weight excluding hydrogens is 382 g/mol. The molecule has 3 aromatic rings. The molecule has 26 heavy (non-hydrogen) atoms. The molecule has 134 valence electrons. The zero-order chi connectivity index (χ0) is 17.8. The number of piperazine rings is 1. The highest BCUT2D eigenvalue weighted by Crippen LogP contribution is 2.29. The van der Waals surface area contributed by atoms with Crippen LogP contribution in [0.1, 0.15) is 11.3 Å². The molecule has 0 spiro atoms. The van der Waals surface area contributed by atoms with E-state index in [2.05, 4.69) is 39.9 Å². The molecule has 1 saturated heterocycles. The van der Waals surface area contributed by atoms with Crippen molar-refractivity contribution >= 4 is 39.8 Å². The molecule has 4 rings (SSSR count). The molecule has 0 aliphatic carbocycles. The predicted molar refractivity (Wildman–Crippen MR) is 112 cm³/mol. The van der Waals surface area contributed by atoms with Crippen LogP contribution in [0.3, 0.4) is 0 Å². The van der Waals surface area contributed by atoms with E-state index in [9.17, 15) is 0 Å². The molecule has 1 aliphatic rings. The number of nitrogens with zero attached hydrogens (tertiary/aromatic N) is 2. The summed E-state index contributed by atoms with van der Waals surface area (Å²) in [5.41, 5.74) is 2.45. The van der Waals surface area contributed by atoms with Gasteiger partial charge in [0.25, 0.3) is 0 Å². The Hall–Kier alpha value is -1.53. The van der Waals surface area contributed by atoms with Crippen molar-refractivity contribution in [2.45, 2.75) is 16.2 Å². The summed E-state index contributed by atoms with van der Waals surface area (Å²) in [5, 5.41) is 7.49. The van der Waals surface area contributed by atoms with E-state index in [1.165, 1.54) is 15.4 Å². The Morgan fingerprint density at radius 2 is 1.65 bits per heavy atom. The minimum Gasteiger partial charge on any atom is -0.346 e. The van der Waals surface area contributed by atoms with Gasteiger partial charge in [0.05, 0.1) is 5.69 Å². The van der Waals surface area contributed by atoms with Crippen LogP contribution in [0.25, 0.3) is 0 Å². The van der Waals surface area contributed by atoms with Crippen LogP contribution in [0.5, 0.6) is 0 Å². The third kappa shape index (κ3) is 4.60. The van der Waals surface area contributed by atoms with E-state index >= 15 is 0 Å². The zero-order valence-electron chi connectivity index (χ0n) is 14.3. The first-order chi connectivity index (χ1) is 12.8. The molecule has 1 aliphatic heterocycles. The van der Waals surface area contributed by atoms with Crippen LogP contribution in [-0.4, -0.2) is 31.2 Å². The van der Waals surface area contributed by atoms with E-state index < -0.39 is 0 Å². The van der Waals surface area contributed by atoms with Crippen LogP contribution in [0.4, 0.5) is 5.13 Å². The summed E-state index contributed by atoms with van der Waals surface area (Å²) in [7, 11) is 0.